The Morgan fingerprint density at radius 1 is 1.00 bits per heavy atom. The molecular weight excluding hydrogens is 352 g/mol. The van der Waals surface area contributed by atoms with Gasteiger partial charge in [0.1, 0.15) is 18.1 Å². The van der Waals surface area contributed by atoms with Gasteiger partial charge in [-0.1, -0.05) is 53.1 Å². The molecule has 0 aromatic heterocycles. The second-order valence-corrected chi connectivity index (χ2v) is 14.6. The Hall–Kier alpha value is -0.713. The molecule has 0 saturated carbocycles. The molecule has 1 aromatic carbocycles. The van der Waals surface area contributed by atoms with Crippen molar-refractivity contribution < 1.29 is 13.9 Å². The average Bonchev–Trinajstić information content (AvgIpc) is 2.41. The van der Waals surface area contributed by atoms with Gasteiger partial charge in [0.25, 0.3) is 0 Å². The maximum absolute atomic E-state index is 6.64. The topological polar surface area (TPSA) is 27.7 Å². The van der Waals surface area contributed by atoms with Crippen LogP contribution in [-0.4, -0.2) is 28.1 Å². The lowest BCUT2D eigenvalue weighted by molar-refractivity contribution is 0.0788. The van der Waals surface area contributed by atoms with Gasteiger partial charge in [-0.05, 0) is 42.1 Å². The zero-order valence-corrected chi connectivity index (χ0v) is 19.1. The van der Waals surface area contributed by atoms with Crippen molar-refractivity contribution in [3.63, 3.8) is 0 Å². The van der Waals surface area contributed by atoms with Gasteiger partial charge in [0.2, 0.25) is 0 Å². The van der Waals surface area contributed by atoms with Crippen LogP contribution >= 0.6 is 11.6 Å². The summed E-state index contributed by atoms with van der Waals surface area (Å²) in [6.07, 6.45) is 0.989. The summed E-state index contributed by atoms with van der Waals surface area (Å²) in [5.41, 5.74) is 0.169. The first-order chi connectivity index (χ1) is 11.2. The van der Waals surface area contributed by atoms with Crippen molar-refractivity contribution in [2.45, 2.75) is 72.2 Å². The van der Waals surface area contributed by atoms with Gasteiger partial charge in [0.15, 0.2) is 8.32 Å². The van der Waals surface area contributed by atoms with Crippen molar-refractivity contribution in [3.8, 4) is 11.5 Å². The third kappa shape index (κ3) is 7.59. The zero-order valence-electron chi connectivity index (χ0n) is 17.3. The van der Waals surface area contributed by atoms with Crippen molar-refractivity contribution in [1.29, 1.82) is 0 Å². The van der Waals surface area contributed by atoms with E-state index in [1.54, 1.807) is 13.2 Å². The second-order valence-electron chi connectivity index (χ2n) is 9.40. The fraction of sp³-hybridized carbons (Fsp3) is 0.700. The summed E-state index contributed by atoms with van der Waals surface area (Å²) in [7, 11) is -0.242. The fourth-order valence-corrected chi connectivity index (χ4v) is 3.89. The molecule has 5 heteroatoms. The first-order valence-electron chi connectivity index (χ1n) is 8.89. The molecule has 1 aromatic rings. The van der Waals surface area contributed by atoms with Gasteiger partial charge in [-0.25, -0.2) is 0 Å². The molecule has 0 aliphatic carbocycles. The van der Waals surface area contributed by atoms with Gasteiger partial charge in [0.05, 0.1) is 13.2 Å². The lowest BCUT2D eigenvalue weighted by atomic mass is 9.89. The van der Waals surface area contributed by atoms with E-state index in [0.717, 1.165) is 6.42 Å². The van der Waals surface area contributed by atoms with E-state index in [1.165, 1.54) is 0 Å². The molecule has 0 heterocycles. The molecule has 25 heavy (non-hydrogen) atoms. The lowest BCUT2D eigenvalue weighted by Crippen LogP contribution is -2.46. The monoisotopic (exact) mass is 386 g/mol. The Kier molecular flexibility index (Phi) is 7.43. The molecule has 0 spiro atoms. The van der Waals surface area contributed by atoms with E-state index in [4.69, 9.17) is 25.5 Å². The minimum absolute atomic E-state index is 0.0471. The largest absolute Gasteiger partial charge is 0.497 e. The van der Waals surface area contributed by atoms with E-state index in [0.29, 0.717) is 23.1 Å². The molecule has 0 aliphatic rings. The normalized spacial score (nSPS) is 14.3. The Morgan fingerprint density at radius 3 is 2.04 bits per heavy atom. The number of benzene rings is 1. The van der Waals surface area contributed by atoms with E-state index >= 15 is 0 Å². The maximum Gasteiger partial charge on any atom is 0.192 e. The van der Waals surface area contributed by atoms with Gasteiger partial charge in [-0.3, -0.25) is 0 Å². The molecule has 0 aliphatic heterocycles. The number of rotatable bonds is 7. The van der Waals surface area contributed by atoms with Crippen LogP contribution in [0.15, 0.2) is 18.2 Å². The van der Waals surface area contributed by atoms with Crippen molar-refractivity contribution in [1.82, 2.24) is 0 Å². The molecule has 1 rings (SSSR count). The van der Waals surface area contributed by atoms with Crippen LogP contribution in [0, 0.1) is 5.41 Å². The standard InChI is InChI=1S/C20H35ClO3Si/c1-19(2,3)13-18(24-25(8,9)20(4,5)6)14-23-17-11-15(21)10-16(12-17)22-7/h10-12,18H,13-14H2,1-9H3. The summed E-state index contributed by atoms with van der Waals surface area (Å²) < 4.78 is 17.9. The van der Waals surface area contributed by atoms with Crippen LogP contribution in [-0.2, 0) is 4.43 Å². The van der Waals surface area contributed by atoms with E-state index in [1.807, 2.05) is 12.1 Å². The highest BCUT2D eigenvalue weighted by molar-refractivity contribution is 6.74. The van der Waals surface area contributed by atoms with Crippen molar-refractivity contribution >= 4 is 19.9 Å². The third-order valence-electron chi connectivity index (χ3n) is 4.62. The molecule has 0 amide bonds. The maximum atomic E-state index is 6.64. The van der Waals surface area contributed by atoms with Crippen LogP contribution in [0.5, 0.6) is 11.5 Å². The molecule has 0 bridgehead atoms. The molecule has 0 fully saturated rings. The highest BCUT2D eigenvalue weighted by atomic mass is 35.5. The number of hydrogen-bond donors (Lipinski definition) is 0. The summed E-state index contributed by atoms with van der Waals surface area (Å²) in [6.45, 7) is 18.6. The van der Waals surface area contributed by atoms with Gasteiger partial charge in [0, 0.05) is 11.1 Å². The Bertz CT molecular complexity index is 559. The average molecular weight is 387 g/mol. The molecule has 0 saturated heterocycles. The molecule has 1 unspecified atom stereocenters. The molecule has 0 radical (unpaired) electrons. The van der Waals surface area contributed by atoms with Crippen LogP contribution in [0.3, 0.4) is 0 Å². The SMILES string of the molecule is COc1cc(Cl)cc(OCC(CC(C)(C)C)O[Si](C)(C)C(C)(C)C)c1. The summed E-state index contributed by atoms with van der Waals surface area (Å²) in [5, 5.41) is 0.773. The number of ether oxygens (including phenoxy) is 2. The first kappa shape index (κ1) is 22.3. The number of hydrogen-bond acceptors (Lipinski definition) is 3. The van der Waals surface area contributed by atoms with Crippen LogP contribution in [0.1, 0.15) is 48.0 Å². The van der Waals surface area contributed by atoms with Crippen molar-refractivity contribution in [3.05, 3.63) is 23.2 Å². The van der Waals surface area contributed by atoms with E-state index < -0.39 is 8.32 Å². The van der Waals surface area contributed by atoms with Gasteiger partial charge >= 0.3 is 0 Å². The minimum Gasteiger partial charge on any atom is -0.497 e. The van der Waals surface area contributed by atoms with E-state index in [2.05, 4.69) is 54.6 Å². The predicted molar refractivity (Wildman–Crippen MR) is 110 cm³/mol. The van der Waals surface area contributed by atoms with E-state index in [-0.39, 0.29) is 16.6 Å². The summed E-state index contributed by atoms with van der Waals surface area (Å²) in [6, 6.07) is 5.43. The zero-order chi connectivity index (χ0) is 19.5. The van der Waals surface area contributed by atoms with Crippen LogP contribution in [0.4, 0.5) is 0 Å². The van der Waals surface area contributed by atoms with Gasteiger partial charge in [-0.2, -0.15) is 0 Å². The van der Waals surface area contributed by atoms with Crippen LogP contribution in [0.2, 0.25) is 23.2 Å². The van der Waals surface area contributed by atoms with Gasteiger partial charge in [-0.15, -0.1) is 0 Å². The lowest BCUT2D eigenvalue weighted by Gasteiger charge is -2.40. The smallest absolute Gasteiger partial charge is 0.192 e. The Labute approximate surface area is 160 Å². The quantitative estimate of drug-likeness (QED) is 0.497. The highest BCUT2D eigenvalue weighted by Crippen LogP contribution is 2.39. The summed E-state index contributed by atoms with van der Waals surface area (Å²) in [4.78, 5) is 0. The summed E-state index contributed by atoms with van der Waals surface area (Å²) in [5.74, 6) is 1.40. The van der Waals surface area contributed by atoms with E-state index in [9.17, 15) is 0 Å². The molecule has 144 valence electrons. The third-order valence-corrected chi connectivity index (χ3v) is 9.38. The Balaban J connectivity index is 2.89. The van der Waals surface area contributed by atoms with Crippen molar-refractivity contribution in [2.24, 2.45) is 5.41 Å². The Morgan fingerprint density at radius 2 is 1.56 bits per heavy atom. The van der Waals surface area contributed by atoms with Gasteiger partial charge < -0.3 is 13.9 Å². The molecule has 1 atom stereocenters. The van der Waals surface area contributed by atoms with Crippen LogP contribution in [0.25, 0.3) is 0 Å². The highest BCUT2D eigenvalue weighted by Gasteiger charge is 2.40. The minimum atomic E-state index is -1.87. The molecular formula is C20H35ClO3Si. The fourth-order valence-electron chi connectivity index (χ4n) is 2.34. The van der Waals surface area contributed by atoms with Crippen molar-refractivity contribution in [2.75, 3.05) is 13.7 Å². The van der Waals surface area contributed by atoms with Crippen LogP contribution < -0.4 is 9.47 Å². The molecule has 3 nitrogen and oxygen atoms in total. The first-order valence-corrected chi connectivity index (χ1v) is 12.2. The predicted octanol–water partition coefficient (Wildman–Crippen LogP) is 6.55. The molecule has 0 N–H and O–H groups in total. The second kappa shape index (κ2) is 8.32. The number of halogens is 1. The number of methoxy groups -OCH3 is 1. The summed E-state index contributed by atoms with van der Waals surface area (Å²) >= 11 is 6.13.